The second-order valence-corrected chi connectivity index (χ2v) is 5.61. The highest BCUT2D eigenvalue weighted by atomic mass is 16.6. The summed E-state index contributed by atoms with van der Waals surface area (Å²) in [4.78, 5) is 21.9. The summed E-state index contributed by atoms with van der Waals surface area (Å²) in [5.41, 5.74) is 6.26. The fraction of sp³-hybridized carbons (Fsp3) is 0.615. The second-order valence-electron chi connectivity index (χ2n) is 5.61. The Hall–Kier alpha value is -2.21. The van der Waals surface area contributed by atoms with Gasteiger partial charge < -0.3 is 40.9 Å². The molecule has 0 radical (unpaired) electrons. The topological polar surface area (TPSA) is 156 Å². The smallest absolute Gasteiger partial charge is 0.211 e. The number of hydrogen-bond acceptors (Lipinski definition) is 10. The van der Waals surface area contributed by atoms with E-state index in [0.717, 1.165) is 4.90 Å². The van der Waals surface area contributed by atoms with Crippen molar-refractivity contribution in [3.05, 3.63) is 11.5 Å². The van der Waals surface area contributed by atoms with Crippen LogP contribution in [0.5, 0.6) is 0 Å². The third-order valence-corrected chi connectivity index (χ3v) is 4.27. The molecule has 1 amide bonds. The van der Waals surface area contributed by atoms with Crippen molar-refractivity contribution in [3.8, 4) is 0 Å². The molecule has 3 aliphatic heterocycles. The van der Waals surface area contributed by atoms with E-state index in [1.165, 1.54) is 17.6 Å². The Morgan fingerprint density at radius 1 is 1.54 bits per heavy atom. The van der Waals surface area contributed by atoms with Gasteiger partial charge in [0, 0.05) is 6.54 Å². The zero-order chi connectivity index (χ0) is 17.4. The summed E-state index contributed by atoms with van der Waals surface area (Å²) in [6.07, 6.45) is -3.60. The first-order valence-electron chi connectivity index (χ1n) is 7.49. The molecule has 3 heterocycles. The van der Waals surface area contributed by atoms with Crippen molar-refractivity contribution in [2.45, 2.75) is 43.9 Å². The highest BCUT2D eigenvalue weighted by Crippen LogP contribution is 2.32. The Kier molecular flexibility index (Phi) is 4.41. The van der Waals surface area contributed by atoms with Crippen LogP contribution in [-0.2, 0) is 9.53 Å². The lowest BCUT2D eigenvalue weighted by atomic mass is 10.1. The summed E-state index contributed by atoms with van der Waals surface area (Å²) < 4.78 is 5.63. The molecule has 132 valence electrons. The fourth-order valence-electron chi connectivity index (χ4n) is 2.90. The van der Waals surface area contributed by atoms with Gasteiger partial charge in [0.2, 0.25) is 6.41 Å². The Labute approximate surface area is 137 Å². The summed E-state index contributed by atoms with van der Waals surface area (Å²) >= 11 is 0. The van der Waals surface area contributed by atoms with Crippen molar-refractivity contribution in [3.63, 3.8) is 0 Å². The van der Waals surface area contributed by atoms with Crippen molar-refractivity contribution >= 4 is 19.1 Å². The third kappa shape index (κ3) is 2.51. The molecule has 11 heteroatoms. The lowest BCUT2D eigenvalue weighted by molar-refractivity contribution is -0.155. The average Bonchev–Trinajstić information content (AvgIpc) is 3.12. The molecule has 0 aromatic carbocycles. The summed E-state index contributed by atoms with van der Waals surface area (Å²) in [6, 6.07) is 0. The highest BCUT2D eigenvalue weighted by molar-refractivity contribution is 5.68. The third-order valence-electron chi connectivity index (χ3n) is 4.27. The van der Waals surface area contributed by atoms with Gasteiger partial charge in [0.15, 0.2) is 18.6 Å². The number of fused-ring (bicyclic) bond motifs is 1. The lowest BCUT2D eigenvalue weighted by Gasteiger charge is -2.31. The first kappa shape index (κ1) is 16.6. The normalized spacial score (nSPS) is 35.8. The Morgan fingerprint density at radius 3 is 2.96 bits per heavy atom. The van der Waals surface area contributed by atoms with Crippen molar-refractivity contribution in [2.24, 2.45) is 15.7 Å². The lowest BCUT2D eigenvalue weighted by Crippen LogP contribution is -2.48. The van der Waals surface area contributed by atoms with Gasteiger partial charge in [-0.25, -0.2) is 9.98 Å². The van der Waals surface area contributed by atoms with Gasteiger partial charge in [0.1, 0.15) is 29.8 Å². The number of carbonyl (C=O) groups excluding carboxylic acids is 1. The number of nitrogens with one attached hydrogen (secondary N) is 1. The minimum atomic E-state index is -1.39. The largest absolute Gasteiger partial charge is 0.387 e. The van der Waals surface area contributed by atoms with Gasteiger partial charge in [-0.1, -0.05) is 0 Å². The van der Waals surface area contributed by atoms with Gasteiger partial charge in [0.05, 0.1) is 12.7 Å². The van der Waals surface area contributed by atoms with E-state index in [4.69, 9.17) is 10.5 Å². The summed E-state index contributed by atoms with van der Waals surface area (Å²) in [6.45, 7) is 1.90. The number of carbonyl (C=O) groups is 1. The monoisotopic (exact) mass is 340 g/mol. The maximum absolute atomic E-state index is 11.0. The molecule has 3 aliphatic rings. The molecule has 0 aromatic rings. The van der Waals surface area contributed by atoms with E-state index in [1.807, 2.05) is 0 Å². The molecule has 0 aromatic heterocycles. The summed E-state index contributed by atoms with van der Waals surface area (Å²) in [5.74, 6) is 0.330. The van der Waals surface area contributed by atoms with Crippen LogP contribution in [0, 0.1) is 0 Å². The molecule has 0 bridgehead atoms. The molecule has 1 saturated heterocycles. The van der Waals surface area contributed by atoms with Crippen molar-refractivity contribution in [1.29, 1.82) is 0 Å². The van der Waals surface area contributed by atoms with Gasteiger partial charge in [-0.05, 0) is 6.92 Å². The molecule has 6 N–H and O–H groups in total. The molecule has 1 fully saturated rings. The predicted octanol–water partition coefficient (Wildman–Crippen LogP) is -3.34. The molecule has 0 saturated carbocycles. The van der Waals surface area contributed by atoms with Crippen LogP contribution in [0.15, 0.2) is 21.5 Å². The molecule has 0 aliphatic carbocycles. The van der Waals surface area contributed by atoms with Gasteiger partial charge >= 0.3 is 0 Å². The molecule has 6 atom stereocenters. The number of ether oxygens (including phenoxy) is 1. The van der Waals surface area contributed by atoms with Crippen LogP contribution >= 0.6 is 0 Å². The van der Waals surface area contributed by atoms with Gasteiger partial charge in [-0.3, -0.25) is 4.79 Å². The number of rotatable bonds is 5. The molecule has 2 unspecified atom stereocenters. The molecular weight excluding hydrogens is 320 g/mol. The van der Waals surface area contributed by atoms with Gasteiger partial charge in [0.25, 0.3) is 0 Å². The van der Waals surface area contributed by atoms with E-state index in [-0.39, 0.29) is 6.54 Å². The number of hydrogen-bond donors (Lipinski definition) is 5. The van der Waals surface area contributed by atoms with Crippen LogP contribution in [0.1, 0.15) is 6.92 Å². The fourth-order valence-corrected chi connectivity index (χ4v) is 2.90. The Balaban J connectivity index is 1.79. The summed E-state index contributed by atoms with van der Waals surface area (Å²) in [5, 5.41) is 33.5. The van der Waals surface area contributed by atoms with Gasteiger partial charge in [-0.15, -0.1) is 0 Å². The van der Waals surface area contributed by atoms with Crippen LogP contribution in [-0.4, -0.2) is 87.7 Å². The van der Waals surface area contributed by atoms with E-state index in [2.05, 4.69) is 15.3 Å². The standard InChI is InChI=1S/C13H20N6O5/c1-2-18(5-20)12(23)9-7(21)8(22)13(24-9)19-4-17-6-10(14)15-3-16-11(6)19/h3-5,7-9,11-13,21-23H,2,14H2,1H3,(H,15,16)/t7-,8+,9-,11?,12?,13+/m0/s1. The molecule has 3 rings (SSSR count). The SMILES string of the molecule is CCN(C=O)C(O)[C@H]1O[C@@H](N2C=NC3=C(N)NC=NC32)[C@H](O)[C@@H]1O. The Morgan fingerprint density at radius 2 is 2.29 bits per heavy atom. The maximum Gasteiger partial charge on any atom is 0.211 e. The zero-order valence-corrected chi connectivity index (χ0v) is 12.9. The second kappa shape index (κ2) is 6.36. The first-order valence-corrected chi connectivity index (χ1v) is 7.49. The van der Waals surface area contributed by atoms with Crippen LogP contribution < -0.4 is 11.1 Å². The van der Waals surface area contributed by atoms with Crippen LogP contribution in [0.25, 0.3) is 0 Å². The maximum atomic E-state index is 11.0. The van der Waals surface area contributed by atoms with Crippen molar-refractivity contribution in [1.82, 2.24) is 15.1 Å². The number of aliphatic hydroxyl groups excluding tert-OH is 3. The predicted molar refractivity (Wildman–Crippen MR) is 82.1 cm³/mol. The molecule has 24 heavy (non-hydrogen) atoms. The molecule has 0 spiro atoms. The zero-order valence-electron chi connectivity index (χ0n) is 12.9. The minimum Gasteiger partial charge on any atom is -0.387 e. The number of likely N-dealkylation sites (N-methyl/N-ethyl adjacent to an activating group) is 1. The quantitative estimate of drug-likeness (QED) is 0.257. The van der Waals surface area contributed by atoms with Crippen molar-refractivity contribution in [2.75, 3.05) is 6.54 Å². The van der Waals surface area contributed by atoms with E-state index in [0.29, 0.717) is 17.9 Å². The first-order chi connectivity index (χ1) is 11.5. The summed E-state index contributed by atoms with van der Waals surface area (Å²) in [7, 11) is 0. The van der Waals surface area contributed by atoms with Crippen LogP contribution in [0.2, 0.25) is 0 Å². The number of amides is 1. The van der Waals surface area contributed by atoms with E-state index >= 15 is 0 Å². The van der Waals surface area contributed by atoms with Gasteiger partial charge in [-0.2, -0.15) is 0 Å². The minimum absolute atomic E-state index is 0.227. The Bertz CT molecular complexity index is 595. The van der Waals surface area contributed by atoms with Crippen LogP contribution in [0.3, 0.4) is 0 Å². The van der Waals surface area contributed by atoms with E-state index < -0.39 is 36.9 Å². The number of aliphatic hydroxyl groups is 3. The average molecular weight is 340 g/mol. The number of nitrogens with two attached hydrogens (primary N) is 1. The van der Waals surface area contributed by atoms with Crippen molar-refractivity contribution < 1.29 is 24.9 Å². The number of nitrogens with zero attached hydrogens (tertiary/aromatic N) is 4. The number of aliphatic imine (C=N–C) groups is 2. The molecular formula is C13H20N6O5. The highest BCUT2D eigenvalue weighted by Gasteiger charge is 2.51. The molecule has 11 nitrogen and oxygen atoms in total. The van der Waals surface area contributed by atoms with E-state index in [9.17, 15) is 20.1 Å². The van der Waals surface area contributed by atoms with E-state index in [1.54, 1.807) is 6.92 Å². The van der Waals surface area contributed by atoms with Crippen LogP contribution in [0.4, 0.5) is 0 Å².